The van der Waals surface area contributed by atoms with E-state index in [-0.39, 0.29) is 11.9 Å². The first-order chi connectivity index (χ1) is 11.1. The van der Waals surface area contributed by atoms with Crippen molar-refractivity contribution in [3.05, 3.63) is 53.4 Å². The van der Waals surface area contributed by atoms with E-state index in [0.717, 1.165) is 15.7 Å². The number of amides is 1. The van der Waals surface area contributed by atoms with Crippen LogP contribution in [0.3, 0.4) is 0 Å². The molecule has 1 aromatic carbocycles. The van der Waals surface area contributed by atoms with Gasteiger partial charge in [-0.15, -0.1) is 11.8 Å². The van der Waals surface area contributed by atoms with Crippen molar-refractivity contribution in [1.82, 2.24) is 10.2 Å². The summed E-state index contributed by atoms with van der Waals surface area (Å²) in [6, 6.07) is 11.5. The average Bonchev–Trinajstić information content (AvgIpc) is 3.03. The molecule has 0 aliphatic heterocycles. The van der Waals surface area contributed by atoms with Crippen LogP contribution in [0.4, 0.5) is 0 Å². The van der Waals surface area contributed by atoms with Crippen molar-refractivity contribution >= 4 is 29.3 Å². The Morgan fingerprint density at radius 1 is 1.30 bits per heavy atom. The first kappa shape index (κ1) is 17.9. The maximum absolute atomic E-state index is 12.0. The van der Waals surface area contributed by atoms with Crippen LogP contribution in [-0.4, -0.2) is 37.2 Å². The van der Waals surface area contributed by atoms with E-state index in [1.54, 1.807) is 18.0 Å². The Bertz CT molecular complexity index is 617. The van der Waals surface area contributed by atoms with Gasteiger partial charge in [0.05, 0.1) is 17.3 Å². The molecule has 0 bridgehead atoms. The lowest BCUT2D eigenvalue weighted by Gasteiger charge is -2.22. The number of nitrogens with zero attached hydrogens (tertiary/aromatic N) is 1. The van der Waals surface area contributed by atoms with Crippen LogP contribution in [0.15, 0.2) is 52.0 Å². The van der Waals surface area contributed by atoms with Crippen molar-refractivity contribution in [2.45, 2.75) is 17.4 Å². The first-order valence-corrected chi connectivity index (χ1v) is 8.78. The number of furan rings is 1. The summed E-state index contributed by atoms with van der Waals surface area (Å²) in [6.45, 7) is 0.524. The lowest BCUT2D eigenvalue weighted by molar-refractivity contribution is -0.120. The van der Waals surface area contributed by atoms with Gasteiger partial charge in [-0.05, 0) is 38.4 Å². The number of benzene rings is 1. The van der Waals surface area contributed by atoms with E-state index in [2.05, 4.69) is 5.32 Å². The second kappa shape index (κ2) is 9.01. The SMILES string of the molecule is CN(C)C(CNC(=O)CCSc1ccccc1Cl)c1ccco1. The first-order valence-electron chi connectivity index (χ1n) is 7.42. The van der Waals surface area contributed by atoms with Crippen LogP contribution in [0.25, 0.3) is 0 Å². The summed E-state index contributed by atoms with van der Waals surface area (Å²) in [5.41, 5.74) is 0. The summed E-state index contributed by atoms with van der Waals surface area (Å²) in [5.74, 6) is 1.58. The molecule has 0 aliphatic rings. The number of thioether (sulfide) groups is 1. The lowest BCUT2D eigenvalue weighted by atomic mass is 10.2. The molecule has 6 heteroatoms. The number of nitrogens with one attached hydrogen (secondary N) is 1. The van der Waals surface area contributed by atoms with Crippen LogP contribution in [0, 0.1) is 0 Å². The summed E-state index contributed by atoms with van der Waals surface area (Å²) in [4.78, 5) is 15.0. The zero-order valence-corrected chi connectivity index (χ0v) is 14.9. The number of rotatable bonds is 8. The van der Waals surface area contributed by atoms with Crippen molar-refractivity contribution in [3.8, 4) is 0 Å². The third-order valence-electron chi connectivity index (χ3n) is 3.41. The Labute approximate surface area is 146 Å². The molecule has 124 valence electrons. The fourth-order valence-corrected chi connectivity index (χ4v) is 3.32. The van der Waals surface area contributed by atoms with E-state index in [1.807, 2.05) is 55.4 Å². The van der Waals surface area contributed by atoms with Gasteiger partial charge in [0.1, 0.15) is 5.76 Å². The zero-order valence-electron chi connectivity index (χ0n) is 13.3. The largest absolute Gasteiger partial charge is 0.468 e. The van der Waals surface area contributed by atoms with Crippen LogP contribution in [0.2, 0.25) is 5.02 Å². The molecule has 2 aromatic rings. The predicted molar refractivity (Wildman–Crippen MR) is 94.9 cm³/mol. The molecule has 1 N–H and O–H groups in total. The third-order valence-corrected chi connectivity index (χ3v) is 4.93. The molecule has 0 saturated carbocycles. The standard InChI is InChI=1S/C17H21ClN2O2S/c1-20(2)14(15-7-5-10-22-15)12-19-17(21)9-11-23-16-8-4-3-6-13(16)18/h3-8,10,14H,9,11-12H2,1-2H3,(H,19,21). The molecule has 1 amide bonds. The van der Waals surface area contributed by atoms with Crippen molar-refractivity contribution < 1.29 is 9.21 Å². The molecule has 1 heterocycles. The number of likely N-dealkylation sites (N-methyl/N-ethyl adjacent to an activating group) is 1. The minimum Gasteiger partial charge on any atom is -0.468 e. The fraction of sp³-hybridized carbons (Fsp3) is 0.353. The molecule has 23 heavy (non-hydrogen) atoms. The molecule has 4 nitrogen and oxygen atoms in total. The lowest BCUT2D eigenvalue weighted by Crippen LogP contribution is -2.34. The second-order valence-corrected chi connectivity index (χ2v) is 6.87. The molecule has 0 fully saturated rings. The highest BCUT2D eigenvalue weighted by Gasteiger charge is 2.17. The van der Waals surface area contributed by atoms with E-state index in [1.165, 1.54) is 0 Å². The molecular formula is C17H21ClN2O2S. The number of carbonyl (C=O) groups is 1. The Kier molecular flexibility index (Phi) is 7.02. The molecule has 1 atom stereocenters. The van der Waals surface area contributed by atoms with E-state index >= 15 is 0 Å². The smallest absolute Gasteiger partial charge is 0.220 e. The number of halogens is 1. The van der Waals surface area contributed by atoms with Crippen molar-refractivity contribution in [2.75, 3.05) is 26.4 Å². The van der Waals surface area contributed by atoms with Gasteiger partial charge in [-0.3, -0.25) is 9.69 Å². The highest BCUT2D eigenvalue weighted by Crippen LogP contribution is 2.26. The van der Waals surface area contributed by atoms with E-state index in [0.29, 0.717) is 18.7 Å². The Morgan fingerprint density at radius 2 is 2.09 bits per heavy atom. The van der Waals surface area contributed by atoms with Gasteiger partial charge in [-0.2, -0.15) is 0 Å². The molecule has 0 saturated heterocycles. The minimum atomic E-state index is 0.0305. The fourth-order valence-electron chi connectivity index (χ4n) is 2.13. The van der Waals surface area contributed by atoms with Gasteiger partial charge in [0.2, 0.25) is 5.91 Å². The van der Waals surface area contributed by atoms with Gasteiger partial charge < -0.3 is 9.73 Å². The summed E-state index contributed by atoms with van der Waals surface area (Å²) in [6.07, 6.45) is 2.10. The normalized spacial score (nSPS) is 12.3. The summed E-state index contributed by atoms with van der Waals surface area (Å²) < 4.78 is 5.43. The van der Waals surface area contributed by atoms with Crippen molar-refractivity contribution in [2.24, 2.45) is 0 Å². The quantitative estimate of drug-likeness (QED) is 0.733. The summed E-state index contributed by atoms with van der Waals surface area (Å²) >= 11 is 7.69. The molecule has 0 aliphatic carbocycles. The topological polar surface area (TPSA) is 45.5 Å². The Morgan fingerprint density at radius 3 is 2.74 bits per heavy atom. The average molecular weight is 353 g/mol. The van der Waals surface area contributed by atoms with Crippen LogP contribution in [0.1, 0.15) is 18.2 Å². The molecule has 0 spiro atoms. The van der Waals surface area contributed by atoms with E-state index in [9.17, 15) is 4.79 Å². The van der Waals surface area contributed by atoms with E-state index < -0.39 is 0 Å². The molecule has 0 radical (unpaired) electrons. The zero-order chi connectivity index (χ0) is 16.7. The third kappa shape index (κ3) is 5.61. The molecular weight excluding hydrogens is 332 g/mol. The minimum absolute atomic E-state index is 0.0305. The number of hydrogen-bond acceptors (Lipinski definition) is 4. The van der Waals surface area contributed by atoms with Gasteiger partial charge in [0, 0.05) is 23.6 Å². The molecule has 2 rings (SSSR count). The number of carbonyl (C=O) groups excluding carboxylic acids is 1. The maximum Gasteiger partial charge on any atom is 0.220 e. The van der Waals surface area contributed by atoms with Crippen LogP contribution in [0.5, 0.6) is 0 Å². The van der Waals surface area contributed by atoms with Gasteiger partial charge in [0.15, 0.2) is 0 Å². The van der Waals surface area contributed by atoms with Gasteiger partial charge in [0.25, 0.3) is 0 Å². The van der Waals surface area contributed by atoms with Crippen LogP contribution >= 0.6 is 23.4 Å². The highest BCUT2D eigenvalue weighted by atomic mass is 35.5. The monoisotopic (exact) mass is 352 g/mol. The summed E-state index contributed by atoms with van der Waals surface area (Å²) in [5, 5.41) is 3.69. The molecule has 1 aromatic heterocycles. The maximum atomic E-state index is 12.0. The Hall–Kier alpha value is -1.43. The van der Waals surface area contributed by atoms with Gasteiger partial charge >= 0.3 is 0 Å². The highest BCUT2D eigenvalue weighted by molar-refractivity contribution is 7.99. The van der Waals surface area contributed by atoms with Crippen molar-refractivity contribution in [3.63, 3.8) is 0 Å². The number of hydrogen-bond donors (Lipinski definition) is 1. The van der Waals surface area contributed by atoms with Gasteiger partial charge in [-0.1, -0.05) is 23.7 Å². The molecule has 1 unspecified atom stereocenters. The Balaban J connectivity index is 1.75. The summed E-state index contributed by atoms with van der Waals surface area (Å²) in [7, 11) is 3.93. The van der Waals surface area contributed by atoms with Gasteiger partial charge in [-0.25, -0.2) is 0 Å². The second-order valence-electron chi connectivity index (χ2n) is 5.33. The van der Waals surface area contributed by atoms with Crippen LogP contribution in [-0.2, 0) is 4.79 Å². The van der Waals surface area contributed by atoms with Crippen LogP contribution < -0.4 is 5.32 Å². The van der Waals surface area contributed by atoms with E-state index in [4.69, 9.17) is 16.0 Å². The predicted octanol–water partition coefficient (Wildman–Crippen LogP) is 3.83. The van der Waals surface area contributed by atoms with Crippen molar-refractivity contribution in [1.29, 1.82) is 0 Å².